The van der Waals surface area contributed by atoms with Gasteiger partial charge in [-0.3, -0.25) is 4.79 Å². The first-order valence-electron chi connectivity index (χ1n) is 8.36. The maximum absolute atomic E-state index is 12.6. The number of nitrogens with two attached hydrogens (primary N) is 1. The number of ether oxygens (including phenoxy) is 2. The largest absolute Gasteiger partial charge is 0.393 e. The van der Waals surface area contributed by atoms with E-state index in [0.717, 1.165) is 0 Å². The van der Waals surface area contributed by atoms with Gasteiger partial charge in [0.15, 0.2) is 16.8 Å². The second-order valence-corrected chi connectivity index (χ2v) is 7.61. The van der Waals surface area contributed by atoms with Crippen LogP contribution in [0.1, 0.15) is 34.1 Å². The predicted molar refractivity (Wildman–Crippen MR) is 94.1 cm³/mol. The number of nitrogens with zero attached hydrogens (tertiary/aromatic N) is 2. The zero-order valence-electron chi connectivity index (χ0n) is 14.7. The minimum atomic E-state index is -0.749. The number of nitrogens with one attached hydrogen (secondary N) is 2. The zero-order valence-corrected chi connectivity index (χ0v) is 15.5. The van der Waals surface area contributed by atoms with Crippen molar-refractivity contribution in [2.75, 3.05) is 11.1 Å². The quantitative estimate of drug-likeness (QED) is 0.690. The Labute approximate surface area is 151 Å². The van der Waals surface area contributed by atoms with Gasteiger partial charge in [0.1, 0.15) is 24.2 Å². The van der Waals surface area contributed by atoms with Crippen LogP contribution in [0.15, 0.2) is 6.33 Å². The van der Waals surface area contributed by atoms with Crippen LogP contribution < -0.4 is 16.4 Å². The number of hydrogen-bond acceptors (Lipinski definition) is 7. The van der Waals surface area contributed by atoms with Gasteiger partial charge in [-0.15, -0.1) is 0 Å². The van der Waals surface area contributed by atoms with Crippen molar-refractivity contribution >= 4 is 29.0 Å². The molecule has 1 aromatic heterocycles. The van der Waals surface area contributed by atoms with Crippen molar-refractivity contribution in [3.63, 3.8) is 0 Å². The van der Waals surface area contributed by atoms with Gasteiger partial charge in [-0.25, -0.2) is 9.97 Å². The fraction of sp³-hybridized carbons (Fsp3) is 0.688. The van der Waals surface area contributed by atoms with Crippen molar-refractivity contribution in [3.05, 3.63) is 11.5 Å². The minimum absolute atomic E-state index is 0.0377. The van der Waals surface area contributed by atoms with E-state index in [-0.39, 0.29) is 47.0 Å². The second kappa shape index (κ2) is 6.59. The number of aromatic nitrogens is 2. The highest BCUT2D eigenvalue weighted by molar-refractivity contribution is 6.32. The average molecular weight is 370 g/mol. The van der Waals surface area contributed by atoms with Crippen molar-refractivity contribution in [1.82, 2.24) is 15.3 Å². The summed E-state index contributed by atoms with van der Waals surface area (Å²) in [4.78, 5) is 20.6. The molecule has 1 aromatic rings. The summed E-state index contributed by atoms with van der Waals surface area (Å²) in [6.45, 7) is 7.55. The molecule has 1 saturated carbocycles. The van der Waals surface area contributed by atoms with Crippen molar-refractivity contribution in [3.8, 4) is 0 Å². The molecule has 0 aromatic carbocycles. The second-order valence-electron chi connectivity index (χ2n) is 7.25. The van der Waals surface area contributed by atoms with Gasteiger partial charge in [-0.05, 0) is 34.1 Å². The first-order chi connectivity index (χ1) is 11.7. The van der Waals surface area contributed by atoms with Crippen LogP contribution in [0.3, 0.4) is 0 Å². The van der Waals surface area contributed by atoms with Crippen LogP contribution in [0, 0.1) is 5.92 Å². The van der Waals surface area contributed by atoms with E-state index >= 15 is 0 Å². The van der Waals surface area contributed by atoms with Crippen LogP contribution in [0.25, 0.3) is 0 Å². The molecule has 4 N–H and O–H groups in total. The van der Waals surface area contributed by atoms with Crippen molar-refractivity contribution in [2.24, 2.45) is 5.92 Å². The van der Waals surface area contributed by atoms with Crippen LogP contribution in [0.5, 0.6) is 0 Å². The molecule has 9 heteroatoms. The number of hydrogen-bond donors (Lipinski definition) is 3. The zero-order chi connectivity index (χ0) is 18.4. The summed E-state index contributed by atoms with van der Waals surface area (Å²) in [5.41, 5.74) is 6.21. The molecule has 1 aliphatic heterocycles. The molecule has 4 unspecified atom stereocenters. The molecule has 0 bridgehead atoms. The Balaban J connectivity index is 1.82. The molecule has 0 radical (unpaired) electrons. The van der Waals surface area contributed by atoms with Crippen LogP contribution in [-0.4, -0.2) is 46.0 Å². The number of rotatable bonds is 4. The summed E-state index contributed by atoms with van der Waals surface area (Å²) < 4.78 is 12.0. The van der Waals surface area contributed by atoms with Crippen LogP contribution >= 0.6 is 11.6 Å². The van der Waals surface area contributed by atoms with Gasteiger partial charge < -0.3 is 25.8 Å². The Bertz CT molecular complexity index is 669. The SMILES string of the molecule is CC(C)NC(=O)C1CC(Nc2ncnc(Cl)c2N)C2OC(C)(C)OC12. The Morgan fingerprint density at radius 1 is 1.36 bits per heavy atom. The number of nitrogen functional groups attached to an aromatic ring is 1. The topological polar surface area (TPSA) is 111 Å². The first-order valence-corrected chi connectivity index (χ1v) is 8.74. The maximum Gasteiger partial charge on any atom is 0.226 e. The fourth-order valence-corrected chi connectivity index (χ4v) is 3.57. The van der Waals surface area contributed by atoms with Crippen molar-refractivity contribution < 1.29 is 14.3 Å². The maximum atomic E-state index is 12.6. The molecule has 2 heterocycles. The number of carbonyl (C=O) groups is 1. The van der Waals surface area contributed by atoms with Gasteiger partial charge >= 0.3 is 0 Å². The minimum Gasteiger partial charge on any atom is -0.393 e. The smallest absolute Gasteiger partial charge is 0.226 e. The summed E-state index contributed by atoms with van der Waals surface area (Å²) in [5.74, 6) is -0.669. The van der Waals surface area contributed by atoms with E-state index in [1.165, 1.54) is 6.33 Å². The van der Waals surface area contributed by atoms with Crippen molar-refractivity contribution in [2.45, 2.75) is 64.2 Å². The van der Waals surface area contributed by atoms with E-state index in [4.69, 9.17) is 26.8 Å². The van der Waals surface area contributed by atoms with Gasteiger partial charge in [-0.1, -0.05) is 11.6 Å². The van der Waals surface area contributed by atoms with Gasteiger partial charge in [0.2, 0.25) is 5.91 Å². The molecule has 2 fully saturated rings. The van der Waals surface area contributed by atoms with E-state index in [9.17, 15) is 4.79 Å². The summed E-state index contributed by atoms with van der Waals surface area (Å²) in [7, 11) is 0. The molecular weight excluding hydrogens is 346 g/mol. The van der Waals surface area contributed by atoms with Gasteiger partial charge in [0.25, 0.3) is 0 Å². The Hall–Kier alpha value is -1.64. The summed E-state index contributed by atoms with van der Waals surface area (Å²) >= 11 is 5.96. The third-order valence-electron chi connectivity index (χ3n) is 4.39. The molecule has 0 spiro atoms. The molecule has 25 heavy (non-hydrogen) atoms. The molecule has 1 aliphatic carbocycles. The highest BCUT2D eigenvalue weighted by Gasteiger charge is 2.56. The fourth-order valence-electron chi connectivity index (χ4n) is 3.43. The molecule has 8 nitrogen and oxygen atoms in total. The van der Waals surface area contributed by atoms with E-state index in [2.05, 4.69) is 20.6 Å². The van der Waals surface area contributed by atoms with Crippen molar-refractivity contribution in [1.29, 1.82) is 0 Å². The lowest BCUT2D eigenvalue weighted by Crippen LogP contribution is -2.40. The molecule has 4 atom stereocenters. The van der Waals surface area contributed by atoms with Crippen LogP contribution in [0.4, 0.5) is 11.5 Å². The molecular formula is C16H24ClN5O3. The predicted octanol–water partition coefficient (Wildman–Crippen LogP) is 1.56. The van der Waals surface area contributed by atoms with Gasteiger partial charge in [0, 0.05) is 6.04 Å². The van der Waals surface area contributed by atoms with E-state index in [0.29, 0.717) is 12.2 Å². The lowest BCUT2D eigenvalue weighted by atomic mass is 10.0. The number of carbonyl (C=O) groups excluding carboxylic acids is 1. The van der Waals surface area contributed by atoms with E-state index in [1.54, 1.807) is 0 Å². The van der Waals surface area contributed by atoms with Gasteiger partial charge in [0.05, 0.1) is 12.0 Å². The normalized spacial score (nSPS) is 30.3. The molecule has 3 rings (SSSR count). The molecule has 1 amide bonds. The first kappa shape index (κ1) is 18.2. The Morgan fingerprint density at radius 2 is 2.04 bits per heavy atom. The summed E-state index contributed by atoms with van der Waals surface area (Å²) in [6.07, 6.45) is 1.27. The number of fused-ring (bicyclic) bond motifs is 1. The number of anilines is 2. The molecule has 138 valence electrons. The Kier molecular flexibility index (Phi) is 4.78. The third-order valence-corrected chi connectivity index (χ3v) is 4.69. The Morgan fingerprint density at radius 3 is 2.72 bits per heavy atom. The monoisotopic (exact) mass is 369 g/mol. The van der Waals surface area contributed by atoms with Gasteiger partial charge in [-0.2, -0.15) is 0 Å². The van der Waals surface area contributed by atoms with E-state index < -0.39 is 5.79 Å². The third kappa shape index (κ3) is 3.65. The summed E-state index contributed by atoms with van der Waals surface area (Å²) in [6, 6.07) is -0.118. The van der Waals surface area contributed by atoms with Crippen LogP contribution in [0.2, 0.25) is 5.15 Å². The number of amides is 1. The highest BCUT2D eigenvalue weighted by Crippen LogP contribution is 2.43. The lowest BCUT2D eigenvalue weighted by molar-refractivity contribution is -0.160. The average Bonchev–Trinajstić information content (AvgIpc) is 2.97. The van der Waals surface area contributed by atoms with E-state index in [1.807, 2.05) is 27.7 Å². The van der Waals surface area contributed by atoms with Crippen LogP contribution in [-0.2, 0) is 14.3 Å². The standard InChI is InChI=1S/C16H24ClN5O3/c1-7(2)21-15(23)8-5-9(12-11(8)24-16(3,4)25-12)22-14-10(18)13(17)19-6-20-14/h6-9,11-12H,5,18H2,1-4H3,(H,21,23)(H,19,20,22). The lowest BCUT2D eigenvalue weighted by Gasteiger charge is -2.24. The summed E-state index contributed by atoms with van der Waals surface area (Å²) in [5, 5.41) is 6.39. The highest BCUT2D eigenvalue weighted by atomic mass is 35.5. The number of halogens is 1. The molecule has 2 aliphatic rings. The molecule has 1 saturated heterocycles.